The third-order valence-corrected chi connectivity index (χ3v) is 6.55. The first-order valence-electron chi connectivity index (χ1n) is 12.0. The van der Waals surface area contributed by atoms with Crippen molar-refractivity contribution in [1.29, 1.82) is 0 Å². The standard InChI is InChI=1S/C26H30FN7O2/c1-16-9-17(2)11-19(10-16)31-26(35)32-23-4-3-18(12-22(23)27)21-13-20(14-33-5-7-36-8-6-33)34-24(21)25(28)29-15-30-34/h3-4,9-13,15,21,24H,5-8,14H2,1-2H3,(H2,28,29,30)(H2,31,32,35). The first kappa shape index (κ1) is 24.0. The molecule has 1 saturated heterocycles. The molecule has 1 fully saturated rings. The molecule has 2 unspecified atom stereocenters. The van der Waals surface area contributed by atoms with Gasteiger partial charge < -0.3 is 21.1 Å². The van der Waals surface area contributed by atoms with Gasteiger partial charge in [0.15, 0.2) is 0 Å². The first-order valence-corrected chi connectivity index (χ1v) is 12.0. The topological polar surface area (TPSA) is 108 Å². The van der Waals surface area contributed by atoms with Crippen LogP contribution in [0.2, 0.25) is 0 Å². The van der Waals surface area contributed by atoms with Crippen LogP contribution < -0.4 is 16.4 Å². The number of benzene rings is 2. The number of ether oxygens (including phenoxy) is 1. The molecule has 2 aromatic carbocycles. The van der Waals surface area contributed by atoms with Crippen molar-refractivity contribution in [2.75, 3.05) is 43.5 Å². The summed E-state index contributed by atoms with van der Waals surface area (Å²) in [5, 5.41) is 11.7. The molecule has 0 bridgehead atoms. The Morgan fingerprint density at radius 2 is 1.89 bits per heavy atom. The highest BCUT2D eigenvalue weighted by molar-refractivity contribution is 6.00. The number of urea groups is 1. The van der Waals surface area contributed by atoms with E-state index in [2.05, 4.69) is 31.7 Å². The maximum atomic E-state index is 15.1. The Hall–Kier alpha value is -3.76. The Morgan fingerprint density at radius 1 is 1.14 bits per heavy atom. The van der Waals surface area contributed by atoms with Gasteiger partial charge in [0, 0.05) is 36.9 Å². The van der Waals surface area contributed by atoms with Crippen LogP contribution in [0.1, 0.15) is 22.6 Å². The molecule has 3 aliphatic rings. The zero-order valence-electron chi connectivity index (χ0n) is 20.4. The molecule has 4 N–H and O–H groups in total. The number of nitrogens with two attached hydrogens (primary N) is 1. The van der Waals surface area contributed by atoms with Crippen LogP contribution in [-0.4, -0.2) is 67.0 Å². The Labute approximate surface area is 209 Å². The fourth-order valence-corrected chi connectivity index (χ4v) is 4.95. The Morgan fingerprint density at radius 3 is 2.61 bits per heavy atom. The SMILES string of the molecule is Cc1cc(C)cc(NC(=O)Nc2ccc(C3C=C(CN4CCOCC4)N4N=CN=C(N)C34)cc2F)c1. The summed E-state index contributed by atoms with van der Waals surface area (Å²) in [4.78, 5) is 19.0. The summed E-state index contributed by atoms with van der Waals surface area (Å²) in [5.74, 6) is -0.326. The van der Waals surface area contributed by atoms with E-state index < -0.39 is 11.8 Å². The third kappa shape index (κ3) is 5.09. The molecule has 2 aromatic rings. The average Bonchev–Trinajstić information content (AvgIpc) is 3.20. The number of amidine groups is 1. The predicted molar refractivity (Wildman–Crippen MR) is 139 cm³/mol. The quantitative estimate of drug-likeness (QED) is 0.594. The maximum Gasteiger partial charge on any atom is 0.323 e. The van der Waals surface area contributed by atoms with Gasteiger partial charge in [0.25, 0.3) is 0 Å². The molecule has 3 aliphatic heterocycles. The molecule has 0 saturated carbocycles. The van der Waals surface area contributed by atoms with Gasteiger partial charge in [-0.25, -0.2) is 14.2 Å². The molecule has 0 spiro atoms. The number of nitrogens with zero attached hydrogens (tertiary/aromatic N) is 4. The van der Waals surface area contributed by atoms with Gasteiger partial charge in [0.2, 0.25) is 0 Å². The summed E-state index contributed by atoms with van der Waals surface area (Å²) >= 11 is 0. The van der Waals surface area contributed by atoms with E-state index in [-0.39, 0.29) is 17.6 Å². The second-order valence-corrected chi connectivity index (χ2v) is 9.34. The summed E-state index contributed by atoms with van der Waals surface area (Å²) in [6, 6.07) is 9.72. The van der Waals surface area contributed by atoms with E-state index in [0.29, 0.717) is 31.3 Å². The first-order chi connectivity index (χ1) is 17.4. The zero-order valence-corrected chi connectivity index (χ0v) is 20.4. The van der Waals surface area contributed by atoms with E-state index in [9.17, 15) is 4.79 Å². The molecule has 188 valence electrons. The normalized spacial score (nSPS) is 21.6. The lowest BCUT2D eigenvalue weighted by atomic mass is 9.92. The maximum absolute atomic E-state index is 15.1. The number of hydrogen-bond acceptors (Lipinski definition) is 7. The van der Waals surface area contributed by atoms with Gasteiger partial charge in [-0.15, -0.1) is 0 Å². The summed E-state index contributed by atoms with van der Waals surface area (Å²) in [5.41, 5.74) is 10.8. The number of rotatable bonds is 5. The zero-order chi connectivity index (χ0) is 25.2. The largest absolute Gasteiger partial charge is 0.385 e. The lowest BCUT2D eigenvalue weighted by Gasteiger charge is -2.32. The number of halogens is 1. The van der Waals surface area contributed by atoms with Crippen molar-refractivity contribution in [2.24, 2.45) is 15.8 Å². The number of hydrogen-bond donors (Lipinski definition) is 3. The van der Waals surface area contributed by atoms with Gasteiger partial charge in [0.05, 0.1) is 18.9 Å². The number of morpholine rings is 1. The van der Waals surface area contributed by atoms with Crippen LogP contribution in [0.4, 0.5) is 20.6 Å². The highest BCUT2D eigenvalue weighted by Crippen LogP contribution is 2.37. The van der Waals surface area contributed by atoms with Crippen LogP contribution in [0.25, 0.3) is 0 Å². The molecule has 2 atom stereocenters. The minimum atomic E-state index is -0.528. The second kappa shape index (κ2) is 10.1. The molecule has 0 aliphatic carbocycles. The van der Waals surface area contributed by atoms with E-state index in [0.717, 1.165) is 35.5 Å². The summed E-state index contributed by atoms with van der Waals surface area (Å²) in [7, 11) is 0. The molecule has 9 nitrogen and oxygen atoms in total. The van der Waals surface area contributed by atoms with Gasteiger partial charge in [-0.2, -0.15) is 5.10 Å². The van der Waals surface area contributed by atoms with Crippen LogP contribution in [0.15, 0.2) is 58.3 Å². The van der Waals surface area contributed by atoms with Crippen molar-refractivity contribution in [1.82, 2.24) is 9.91 Å². The van der Waals surface area contributed by atoms with Crippen LogP contribution in [0.5, 0.6) is 0 Å². The molecule has 0 aromatic heterocycles. The van der Waals surface area contributed by atoms with E-state index in [1.54, 1.807) is 12.1 Å². The van der Waals surface area contributed by atoms with E-state index in [1.807, 2.05) is 37.1 Å². The van der Waals surface area contributed by atoms with Crippen molar-refractivity contribution < 1.29 is 13.9 Å². The van der Waals surface area contributed by atoms with E-state index >= 15 is 4.39 Å². The molecule has 5 rings (SSSR count). The second-order valence-electron chi connectivity index (χ2n) is 9.34. The van der Waals surface area contributed by atoms with Crippen LogP contribution in [-0.2, 0) is 4.74 Å². The lowest BCUT2D eigenvalue weighted by Crippen LogP contribution is -2.45. The summed E-state index contributed by atoms with van der Waals surface area (Å²) in [6.45, 7) is 7.68. The van der Waals surface area contributed by atoms with Crippen molar-refractivity contribution >= 4 is 29.6 Å². The number of amides is 2. The van der Waals surface area contributed by atoms with Crippen LogP contribution >= 0.6 is 0 Å². The molecule has 10 heteroatoms. The number of aliphatic imine (C=N–C) groups is 1. The summed E-state index contributed by atoms with van der Waals surface area (Å²) < 4.78 is 20.6. The predicted octanol–water partition coefficient (Wildman–Crippen LogP) is 3.38. The number of aryl methyl sites for hydroxylation is 2. The van der Waals surface area contributed by atoms with Gasteiger partial charge in [-0.1, -0.05) is 18.2 Å². The van der Waals surface area contributed by atoms with Crippen molar-refractivity contribution in [3.8, 4) is 0 Å². The highest BCUT2D eigenvalue weighted by atomic mass is 19.1. The van der Waals surface area contributed by atoms with Gasteiger partial charge in [-0.3, -0.25) is 9.91 Å². The number of carbonyl (C=O) groups excluding carboxylic acids is 1. The summed E-state index contributed by atoms with van der Waals surface area (Å²) in [6.07, 6.45) is 3.53. The number of nitrogens with one attached hydrogen (secondary N) is 2. The smallest absolute Gasteiger partial charge is 0.323 e. The lowest BCUT2D eigenvalue weighted by molar-refractivity contribution is 0.0393. The minimum Gasteiger partial charge on any atom is -0.385 e. The molecule has 0 radical (unpaired) electrons. The molecule has 36 heavy (non-hydrogen) atoms. The van der Waals surface area contributed by atoms with Crippen LogP contribution in [0, 0.1) is 19.7 Å². The number of anilines is 2. The van der Waals surface area contributed by atoms with E-state index in [1.165, 1.54) is 12.4 Å². The monoisotopic (exact) mass is 491 g/mol. The highest BCUT2D eigenvalue weighted by Gasteiger charge is 2.40. The molecule has 2 amide bonds. The molecular weight excluding hydrogens is 461 g/mol. The number of fused-ring (bicyclic) bond motifs is 1. The minimum absolute atomic E-state index is 0.0938. The molecular formula is C26H30FN7O2. The van der Waals surface area contributed by atoms with Crippen molar-refractivity contribution in [2.45, 2.75) is 25.8 Å². The van der Waals surface area contributed by atoms with Gasteiger partial charge >= 0.3 is 6.03 Å². The van der Waals surface area contributed by atoms with Crippen molar-refractivity contribution in [3.63, 3.8) is 0 Å². The third-order valence-electron chi connectivity index (χ3n) is 6.55. The fourth-order valence-electron chi connectivity index (χ4n) is 4.95. The number of carbonyl (C=O) groups is 1. The Balaban J connectivity index is 1.33. The number of hydrazone groups is 1. The van der Waals surface area contributed by atoms with Crippen molar-refractivity contribution in [3.05, 3.63) is 70.7 Å². The van der Waals surface area contributed by atoms with E-state index in [4.69, 9.17) is 10.5 Å². The Bertz CT molecular complexity index is 1230. The van der Waals surface area contributed by atoms with Gasteiger partial charge in [0.1, 0.15) is 24.0 Å². The Kier molecular flexibility index (Phi) is 6.71. The average molecular weight is 492 g/mol. The molecule has 3 heterocycles. The van der Waals surface area contributed by atoms with Crippen LogP contribution in [0.3, 0.4) is 0 Å². The fraction of sp³-hybridized carbons (Fsp3) is 0.346. The van der Waals surface area contributed by atoms with Gasteiger partial charge in [-0.05, 0) is 54.8 Å².